The number of rotatable bonds is 3. The first kappa shape index (κ1) is 17.7. The SMILES string of the molecule is O=C(Nc1cccc(Cl)c1Cl)c1ccc(N2C(=O)CCS2(=O)=O)cc1. The third-order valence-corrected chi connectivity index (χ3v) is 6.15. The van der Waals surface area contributed by atoms with Crippen LogP contribution in [0.5, 0.6) is 0 Å². The predicted molar refractivity (Wildman–Crippen MR) is 96.7 cm³/mol. The van der Waals surface area contributed by atoms with E-state index in [0.29, 0.717) is 10.7 Å². The predicted octanol–water partition coefficient (Wildman–Crippen LogP) is 3.31. The Bertz CT molecular complexity index is 959. The minimum absolute atomic E-state index is 0.0438. The number of anilines is 2. The smallest absolute Gasteiger partial charge is 0.255 e. The van der Waals surface area contributed by atoms with Crippen molar-refractivity contribution in [2.75, 3.05) is 15.4 Å². The van der Waals surface area contributed by atoms with E-state index in [1.54, 1.807) is 18.2 Å². The minimum atomic E-state index is -3.63. The van der Waals surface area contributed by atoms with Gasteiger partial charge in [0.05, 0.1) is 27.2 Å². The zero-order chi connectivity index (χ0) is 18.2. The molecular weight excluding hydrogens is 387 g/mol. The van der Waals surface area contributed by atoms with E-state index in [1.165, 1.54) is 24.3 Å². The minimum Gasteiger partial charge on any atom is -0.321 e. The van der Waals surface area contributed by atoms with E-state index in [-0.39, 0.29) is 28.4 Å². The zero-order valence-corrected chi connectivity index (χ0v) is 15.0. The maximum absolute atomic E-state index is 12.3. The summed E-state index contributed by atoms with van der Waals surface area (Å²) in [6.07, 6.45) is -0.0438. The summed E-state index contributed by atoms with van der Waals surface area (Å²) in [6.45, 7) is 0. The molecular formula is C16H12Cl2N2O4S. The molecule has 0 spiro atoms. The Balaban J connectivity index is 1.82. The Morgan fingerprint density at radius 3 is 2.36 bits per heavy atom. The highest BCUT2D eigenvalue weighted by Crippen LogP contribution is 2.30. The van der Waals surface area contributed by atoms with Crippen LogP contribution in [0, 0.1) is 0 Å². The summed E-state index contributed by atoms with van der Waals surface area (Å²) >= 11 is 11.9. The zero-order valence-electron chi connectivity index (χ0n) is 12.7. The molecule has 0 unspecified atom stereocenters. The number of halogens is 2. The molecule has 9 heteroatoms. The molecule has 25 heavy (non-hydrogen) atoms. The lowest BCUT2D eigenvalue weighted by molar-refractivity contribution is -0.116. The molecule has 0 saturated carbocycles. The van der Waals surface area contributed by atoms with E-state index < -0.39 is 21.8 Å². The van der Waals surface area contributed by atoms with Gasteiger partial charge in [-0.25, -0.2) is 12.7 Å². The van der Waals surface area contributed by atoms with Crippen LogP contribution in [0.3, 0.4) is 0 Å². The number of nitrogens with one attached hydrogen (secondary N) is 1. The van der Waals surface area contributed by atoms with Crippen molar-refractivity contribution in [2.24, 2.45) is 0 Å². The first-order valence-corrected chi connectivity index (χ1v) is 9.57. The van der Waals surface area contributed by atoms with Crippen LogP contribution in [0.25, 0.3) is 0 Å². The van der Waals surface area contributed by atoms with Crippen LogP contribution in [0.15, 0.2) is 42.5 Å². The van der Waals surface area contributed by atoms with Gasteiger partial charge in [-0.3, -0.25) is 9.59 Å². The largest absolute Gasteiger partial charge is 0.321 e. The Kier molecular flexibility index (Phi) is 4.73. The van der Waals surface area contributed by atoms with Gasteiger partial charge in [0.1, 0.15) is 0 Å². The lowest BCUT2D eigenvalue weighted by Crippen LogP contribution is -2.29. The Hall–Kier alpha value is -2.09. The molecule has 2 aromatic rings. The molecule has 130 valence electrons. The van der Waals surface area contributed by atoms with Gasteiger partial charge in [-0.15, -0.1) is 0 Å². The van der Waals surface area contributed by atoms with E-state index in [9.17, 15) is 18.0 Å². The fourth-order valence-electron chi connectivity index (χ4n) is 2.41. The van der Waals surface area contributed by atoms with Crippen LogP contribution < -0.4 is 9.62 Å². The molecule has 0 aromatic heterocycles. The molecule has 0 radical (unpaired) electrons. The second-order valence-corrected chi connectivity index (χ2v) is 8.05. The third kappa shape index (κ3) is 3.49. The van der Waals surface area contributed by atoms with Gasteiger partial charge in [-0.1, -0.05) is 29.3 Å². The lowest BCUT2D eigenvalue weighted by Gasteiger charge is -2.15. The summed E-state index contributed by atoms with van der Waals surface area (Å²) in [4.78, 5) is 24.1. The van der Waals surface area contributed by atoms with Crippen LogP contribution in [-0.4, -0.2) is 26.0 Å². The Labute approximate surface area is 154 Å². The van der Waals surface area contributed by atoms with E-state index in [0.717, 1.165) is 4.31 Å². The van der Waals surface area contributed by atoms with Crippen LogP contribution >= 0.6 is 23.2 Å². The summed E-state index contributed by atoms with van der Waals surface area (Å²) in [5, 5.41) is 3.16. The molecule has 2 aromatic carbocycles. The molecule has 1 N–H and O–H groups in total. The Morgan fingerprint density at radius 2 is 1.76 bits per heavy atom. The van der Waals surface area contributed by atoms with E-state index in [4.69, 9.17) is 23.2 Å². The van der Waals surface area contributed by atoms with E-state index >= 15 is 0 Å². The average molecular weight is 399 g/mol. The van der Waals surface area contributed by atoms with Crippen LogP contribution in [-0.2, 0) is 14.8 Å². The van der Waals surface area contributed by atoms with Gasteiger partial charge in [0.15, 0.2) is 0 Å². The van der Waals surface area contributed by atoms with Crippen LogP contribution in [0.1, 0.15) is 16.8 Å². The number of carbonyl (C=O) groups is 2. The number of amides is 2. The molecule has 0 atom stereocenters. The maximum atomic E-state index is 12.3. The van der Waals surface area contributed by atoms with Crippen molar-refractivity contribution in [3.63, 3.8) is 0 Å². The lowest BCUT2D eigenvalue weighted by atomic mass is 10.2. The van der Waals surface area contributed by atoms with Crippen molar-refractivity contribution >= 4 is 56.4 Å². The van der Waals surface area contributed by atoms with Crippen molar-refractivity contribution in [3.8, 4) is 0 Å². The number of hydrogen-bond donors (Lipinski definition) is 1. The molecule has 6 nitrogen and oxygen atoms in total. The highest BCUT2D eigenvalue weighted by atomic mass is 35.5. The molecule has 0 bridgehead atoms. The van der Waals surface area contributed by atoms with Crippen molar-refractivity contribution in [1.29, 1.82) is 0 Å². The van der Waals surface area contributed by atoms with Gasteiger partial charge >= 0.3 is 0 Å². The third-order valence-electron chi connectivity index (χ3n) is 3.64. The molecule has 2 amide bonds. The molecule has 3 rings (SSSR count). The van der Waals surface area contributed by atoms with Gasteiger partial charge < -0.3 is 5.32 Å². The summed E-state index contributed by atoms with van der Waals surface area (Å²) in [6, 6.07) is 10.5. The standard InChI is InChI=1S/C16H12Cl2N2O4S/c17-12-2-1-3-13(15(12)18)19-16(22)10-4-6-11(7-5-10)20-14(21)8-9-25(20,23)24/h1-7H,8-9H2,(H,19,22). The summed E-state index contributed by atoms with van der Waals surface area (Å²) in [5.74, 6) is -1.13. The molecule has 1 heterocycles. The molecule has 0 aliphatic carbocycles. The van der Waals surface area contributed by atoms with Crippen LogP contribution in [0.2, 0.25) is 10.0 Å². The molecule has 1 aliphatic rings. The van der Waals surface area contributed by atoms with E-state index in [1.807, 2.05) is 0 Å². The second kappa shape index (κ2) is 6.67. The topological polar surface area (TPSA) is 83.6 Å². The highest BCUT2D eigenvalue weighted by molar-refractivity contribution is 7.94. The van der Waals surface area contributed by atoms with Crippen LogP contribution in [0.4, 0.5) is 11.4 Å². The van der Waals surface area contributed by atoms with Crippen molar-refractivity contribution in [2.45, 2.75) is 6.42 Å². The van der Waals surface area contributed by atoms with Gasteiger partial charge in [0.2, 0.25) is 15.9 Å². The fourth-order valence-corrected chi connectivity index (χ4v) is 4.22. The molecule has 1 aliphatic heterocycles. The number of nitrogens with zero attached hydrogens (tertiary/aromatic N) is 1. The maximum Gasteiger partial charge on any atom is 0.255 e. The molecule has 1 saturated heterocycles. The highest BCUT2D eigenvalue weighted by Gasteiger charge is 2.36. The quantitative estimate of drug-likeness (QED) is 0.859. The Morgan fingerprint density at radius 1 is 1.08 bits per heavy atom. The number of sulfonamides is 1. The summed E-state index contributed by atoms with van der Waals surface area (Å²) in [5.41, 5.74) is 0.851. The normalized spacial score (nSPS) is 16.1. The summed E-state index contributed by atoms with van der Waals surface area (Å²) in [7, 11) is -3.63. The number of hydrogen-bond acceptors (Lipinski definition) is 4. The monoisotopic (exact) mass is 398 g/mol. The first-order chi connectivity index (χ1) is 11.8. The second-order valence-electron chi connectivity index (χ2n) is 5.33. The van der Waals surface area contributed by atoms with Gasteiger partial charge in [0.25, 0.3) is 5.91 Å². The van der Waals surface area contributed by atoms with Gasteiger partial charge in [-0.2, -0.15) is 0 Å². The number of benzene rings is 2. The summed E-state index contributed by atoms with van der Waals surface area (Å²) < 4.78 is 24.6. The molecule has 1 fully saturated rings. The van der Waals surface area contributed by atoms with Crippen molar-refractivity contribution < 1.29 is 18.0 Å². The fraction of sp³-hybridized carbons (Fsp3) is 0.125. The number of carbonyl (C=O) groups excluding carboxylic acids is 2. The van der Waals surface area contributed by atoms with Gasteiger partial charge in [-0.05, 0) is 36.4 Å². The first-order valence-electron chi connectivity index (χ1n) is 7.21. The van der Waals surface area contributed by atoms with Crippen molar-refractivity contribution in [3.05, 3.63) is 58.1 Å². The van der Waals surface area contributed by atoms with Gasteiger partial charge in [0, 0.05) is 12.0 Å². The average Bonchev–Trinajstić information content (AvgIpc) is 2.85. The van der Waals surface area contributed by atoms with E-state index in [2.05, 4.69) is 5.32 Å². The van der Waals surface area contributed by atoms with Crippen molar-refractivity contribution in [1.82, 2.24) is 0 Å².